The van der Waals surface area contributed by atoms with E-state index in [4.69, 9.17) is 9.72 Å². The maximum absolute atomic E-state index is 5.18. The Morgan fingerprint density at radius 3 is 2.62 bits per heavy atom. The second-order valence-electron chi connectivity index (χ2n) is 7.08. The van der Waals surface area contributed by atoms with Crippen molar-refractivity contribution in [3.05, 3.63) is 48.7 Å². The van der Waals surface area contributed by atoms with Crippen LogP contribution < -0.4 is 10.1 Å². The fourth-order valence-electron chi connectivity index (χ4n) is 3.37. The van der Waals surface area contributed by atoms with Gasteiger partial charge in [0, 0.05) is 34.8 Å². The van der Waals surface area contributed by atoms with Crippen LogP contribution in [0.15, 0.2) is 48.7 Å². The summed E-state index contributed by atoms with van der Waals surface area (Å²) in [5.41, 5.74) is 4.31. The van der Waals surface area contributed by atoms with Gasteiger partial charge in [0.2, 0.25) is 11.8 Å². The van der Waals surface area contributed by atoms with E-state index >= 15 is 0 Å². The van der Waals surface area contributed by atoms with Crippen LogP contribution in [0.4, 0.5) is 11.6 Å². The number of aromatic nitrogens is 6. The Balaban J connectivity index is 1.57. The molecule has 0 bridgehead atoms. The van der Waals surface area contributed by atoms with Gasteiger partial charge in [-0.1, -0.05) is 5.21 Å². The van der Waals surface area contributed by atoms with E-state index in [9.17, 15) is 0 Å². The van der Waals surface area contributed by atoms with Crippen molar-refractivity contribution in [2.45, 2.75) is 19.9 Å². The Hall–Kier alpha value is -3.81. The van der Waals surface area contributed by atoms with Crippen LogP contribution in [0.3, 0.4) is 0 Å². The van der Waals surface area contributed by atoms with Gasteiger partial charge in [-0.3, -0.25) is 0 Å². The molecule has 5 aromatic rings. The van der Waals surface area contributed by atoms with Gasteiger partial charge in [0.05, 0.1) is 12.6 Å². The lowest BCUT2D eigenvalue weighted by molar-refractivity contribution is 0.399. The molecule has 0 aliphatic heterocycles. The molecule has 5 rings (SSSR count). The lowest BCUT2D eigenvalue weighted by Gasteiger charge is -2.10. The second-order valence-corrected chi connectivity index (χ2v) is 7.08. The lowest BCUT2D eigenvalue weighted by atomic mass is 10.2. The third-order valence-electron chi connectivity index (χ3n) is 4.80. The third kappa shape index (κ3) is 2.98. The van der Waals surface area contributed by atoms with E-state index in [1.54, 1.807) is 7.11 Å². The van der Waals surface area contributed by atoms with E-state index in [1.807, 2.05) is 53.3 Å². The molecule has 0 aliphatic rings. The Bertz CT molecular complexity index is 1360. The smallest absolute Gasteiger partial charge is 0.227 e. The molecular formula is C21H19N7O. The third-order valence-corrected chi connectivity index (χ3v) is 4.80. The maximum Gasteiger partial charge on any atom is 0.227 e. The topological polar surface area (TPSA) is 90.6 Å². The highest BCUT2D eigenvalue weighted by Crippen LogP contribution is 2.26. The van der Waals surface area contributed by atoms with Crippen molar-refractivity contribution in [1.29, 1.82) is 0 Å². The number of methoxy groups -OCH3 is 1. The number of fused-ring (bicyclic) bond motifs is 4. The highest BCUT2D eigenvalue weighted by atomic mass is 16.5. The number of benzene rings is 2. The predicted octanol–water partition coefficient (Wildman–Crippen LogP) is 4.26. The molecule has 3 aromatic heterocycles. The number of anilines is 2. The largest absolute Gasteiger partial charge is 0.481 e. The van der Waals surface area contributed by atoms with Gasteiger partial charge in [-0.05, 0) is 50.2 Å². The van der Waals surface area contributed by atoms with Crippen molar-refractivity contribution < 1.29 is 4.74 Å². The van der Waals surface area contributed by atoms with Crippen LogP contribution in [0.25, 0.3) is 32.8 Å². The molecule has 144 valence electrons. The van der Waals surface area contributed by atoms with E-state index in [0.717, 1.165) is 38.5 Å². The number of pyridine rings is 1. The summed E-state index contributed by atoms with van der Waals surface area (Å²) >= 11 is 0. The van der Waals surface area contributed by atoms with Gasteiger partial charge in [-0.25, -0.2) is 19.6 Å². The fourth-order valence-corrected chi connectivity index (χ4v) is 3.37. The normalized spacial score (nSPS) is 11.6. The van der Waals surface area contributed by atoms with E-state index in [1.165, 1.54) is 0 Å². The van der Waals surface area contributed by atoms with Crippen molar-refractivity contribution >= 4 is 44.5 Å². The van der Waals surface area contributed by atoms with Crippen molar-refractivity contribution in [3.63, 3.8) is 0 Å². The number of nitrogens with zero attached hydrogens (tertiary/aromatic N) is 6. The molecule has 8 nitrogen and oxygen atoms in total. The number of nitrogens with one attached hydrogen (secondary N) is 1. The second kappa shape index (κ2) is 6.66. The summed E-state index contributed by atoms with van der Waals surface area (Å²) in [4.78, 5) is 13.7. The molecule has 0 fully saturated rings. The molecule has 0 spiro atoms. The summed E-state index contributed by atoms with van der Waals surface area (Å²) in [6.07, 6.45) is 1.81. The zero-order valence-corrected chi connectivity index (χ0v) is 16.3. The van der Waals surface area contributed by atoms with E-state index in [0.29, 0.717) is 11.8 Å². The SMILES string of the molecule is COc1ccc2cc(Nc3ncc4ccc5nnn(C(C)C)c5c4n3)ccc2n1. The summed E-state index contributed by atoms with van der Waals surface area (Å²) in [5, 5.41) is 13.8. The van der Waals surface area contributed by atoms with Crippen LogP contribution in [0, 0.1) is 0 Å². The maximum atomic E-state index is 5.18. The Kier molecular flexibility index (Phi) is 3.97. The van der Waals surface area contributed by atoms with Crippen LogP contribution in [0.5, 0.6) is 5.88 Å². The standard InChI is InChI=1S/C21H19N7O/c1-12(2)28-20-17(26-27-28)7-4-14-11-22-21(25-19(14)20)23-15-6-8-16-13(10-15)5-9-18(24-16)29-3/h4-12H,1-3H3,(H,22,23,25). The monoisotopic (exact) mass is 385 g/mol. The molecule has 0 amide bonds. The van der Waals surface area contributed by atoms with Crippen LogP contribution in [0.1, 0.15) is 19.9 Å². The van der Waals surface area contributed by atoms with Gasteiger partial charge in [-0.2, -0.15) is 0 Å². The highest BCUT2D eigenvalue weighted by molar-refractivity contribution is 6.01. The number of hydrogen-bond acceptors (Lipinski definition) is 7. The first kappa shape index (κ1) is 17.3. The number of hydrogen-bond donors (Lipinski definition) is 1. The van der Waals surface area contributed by atoms with Crippen LogP contribution >= 0.6 is 0 Å². The highest BCUT2D eigenvalue weighted by Gasteiger charge is 2.13. The fraction of sp³-hybridized carbons (Fsp3) is 0.190. The molecular weight excluding hydrogens is 366 g/mol. The summed E-state index contributed by atoms with van der Waals surface area (Å²) in [6.45, 7) is 4.15. The minimum absolute atomic E-state index is 0.182. The Morgan fingerprint density at radius 2 is 1.79 bits per heavy atom. The van der Waals surface area contributed by atoms with Gasteiger partial charge in [-0.15, -0.1) is 5.10 Å². The summed E-state index contributed by atoms with van der Waals surface area (Å²) < 4.78 is 7.08. The molecule has 2 aromatic carbocycles. The molecule has 8 heteroatoms. The molecule has 0 aliphatic carbocycles. The molecule has 0 saturated carbocycles. The molecule has 0 atom stereocenters. The van der Waals surface area contributed by atoms with Crippen molar-refractivity contribution in [2.75, 3.05) is 12.4 Å². The zero-order valence-electron chi connectivity index (χ0n) is 16.3. The van der Waals surface area contributed by atoms with Gasteiger partial charge in [0.25, 0.3) is 0 Å². The van der Waals surface area contributed by atoms with Crippen molar-refractivity contribution in [3.8, 4) is 5.88 Å². The minimum atomic E-state index is 0.182. The predicted molar refractivity (Wildman–Crippen MR) is 113 cm³/mol. The molecule has 0 radical (unpaired) electrons. The molecule has 0 unspecified atom stereocenters. The van der Waals surface area contributed by atoms with Gasteiger partial charge >= 0.3 is 0 Å². The Morgan fingerprint density at radius 1 is 0.966 bits per heavy atom. The average Bonchev–Trinajstić information content (AvgIpc) is 3.18. The molecule has 1 N–H and O–H groups in total. The van der Waals surface area contributed by atoms with Crippen LogP contribution in [0.2, 0.25) is 0 Å². The van der Waals surface area contributed by atoms with Crippen molar-refractivity contribution in [1.82, 2.24) is 29.9 Å². The molecule has 29 heavy (non-hydrogen) atoms. The van der Waals surface area contributed by atoms with Crippen LogP contribution in [-0.4, -0.2) is 37.1 Å². The summed E-state index contributed by atoms with van der Waals surface area (Å²) in [7, 11) is 1.61. The first-order valence-electron chi connectivity index (χ1n) is 9.35. The summed E-state index contributed by atoms with van der Waals surface area (Å²) in [5.74, 6) is 1.11. The first-order valence-corrected chi connectivity index (χ1v) is 9.35. The number of ether oxygens (including phenoxy) is 1. The summed E-state index contributed by atoms with van der Waals surface area (Å²) in [6, 6.07) is 13.8. The molecule has 0 saturated heterocycles. The van der Waals surface area contributed by atoms with Crippen LogP contribution in [-0.2, 0) is 0 Å². The minimum Gasteiger partial charge on any atom is -0.481 e. The average molecular weight is 385 g/mol. The van der Waals surface area contributed by atoms with E-state index in [-0.39, 0.29) is 6.04 Å². The molecule has 3 heterocycles. The Labute approximate surface area is 166 Å². The van der Waals surface area contributed by atoms with Crippen molar-refractivity contribution in [2.24, 2.45) is 0 Å². The van der Waals surface area contributed by atoms with Gasteiger partial charge < -0.3 is 10.1 Å². The quantitative estimate of drug-likeness (QED) is 0.494. The van der Waals surface area contributed by atoms with Gasteiger partial charge in [0.15, 0.2) is 0 Å². The first-order chi connectivity index (χ1) is 14.1. The lowest BCUT2D eigenvalue weighted by Crippen LogP contribution is -2.04. The van der Waals surface area contributed by atoms with Gasteiger partial charge in [0.1, 0.15) is 16.6 Å². The zero-order chi connectivity index (χ0) is 20.0. The number of rotatable bonds is 4. The van der Waals surface area contributed by atoms with E-state index < -0.39 is 0 Å². The van der Waals surface area contributed by atoms with E-state index in [2.05, 4.69) is 39.4 Å².